The van der Waals surface area contributed by atoms with Gasteiger partial charge in [-0.25, -0.2) is 0 Å². The zero-order valence-corrected chi connectivity index (χ0v) is 12.1. The molecule has 0 atom stereocenters. The fourth-order valence-corrected chi connectivity index (χ4v) is 2.48. The van der Waals surface area contributed by atoms with Crippen LogP contribution in [0.3, 0.4) is 0 Å². The molecule has 0 amide bonds. The van der Waals surface area contributed by atoms with Crippen LogP contribution in [0.25, 0.3) is 0 Å². The van der Waals surface area contributed by atoms with E-state index >= 15 is 0 Å². The van der Waals surface area contributed by atoms with Crippen LogP contribution < -0.4 is 10.2 Å². The highest BCUT2D eigenvalue weighted by molar-refractivity contribution is 5.68. The number of pyridine rings is 1. The molecule has 1 aromatic carbocycles. The first kappa shape index (κ1) is 13.0. The van der Waals surface area contributed by atoms with Gasteiger partial charge in [0.05, 0.1) is 17.6 Å². The van der Waals surface area contributed by atoms with Crippen molar-refractivity contribution < 1.29 is 0 Å². The van der Waals surface area contributed by atoms with Crippen molar-refractivity contribution in [3.63, 3.8) is 0 Å². The van der Waals surface area contributed by atoms with Gasteiger partial charge >= 0.3 is 0 Å². The molecule has 3 heteroatoms. The summed E-state index contributed by atoms with van der Waals surface area (Å²) in [6.45, 7) is 0.840. The van der Waals surface area contributed by atoms with Gasteiger partial charge in [0.15, 0.2) is 0 Å². The van der Waals surface area contributed by atoms with Crippen molar-refractivity contribution in [2.75, 3.05) is 24.3 Å². The van der Waals surface area contributed by atoms with Gasteiger partial charge in [0.25, 0.3) is 0 Å². The number of nitrogens with zero attached hydrogens (tertiary/aromatic N) is 2. The van der Waals surface area contributed by atoms with E-state index in [0.29, 0.717) is 0 Å². The summed E-state index contributed by atoms with van der Waals surface area (Å²) in [4.78, 5) is 6.31. The van der Waals surface area contributed by atoms with Crippen LogP contribution in [-0.2, 0) is 6.54 Å². The highest BCUT2D eigenvalue weighted by atomic mass is 15.1. The topological polar surface area (TPSA) is 28.2 Å². The molecule has 2 aromatic rings. The van der Waals surface area contributed by atoms with Crippen LogP contribution in [0.5, 0.6) is 0 Å². The highest BCUT2D eigenvalue weighted by Crippen LogP contribution is 2.40. The third-order valence-corrected chi connectivity index (χ3v) is 3.76. The second-order valence-corrected chi connectivity index (χ2v) is 5.66. The summed E-state index contributed by atoms with van der Waals surface area (Å²) in [5.41, 5.74) is 5.07. The number of hydrogen-bond acceptors (Lipinski definition) is 3. The zero-order chi connectivity index (χ0) is 13.9. The van der Waals surface area contributed by atoms with Crippen LogP contribution in [0.4, 0.5) is 11.4 Å². The summed E-state index contributed by atoms with van der Waals surface area (Å²) in [6, 6.07) is 11.0. The monoisotopic (exact) mass is 267 g/mol. The molecule has 1 saturated carbocycles. The summed E-state index contributed by atoms with van der Waals surface area (Å²) in [6.07, 6.45) is 6.42. The Morgan fingerprint density at radius 1 is 1.25 bits per heavy atom. The van der Waals surface area contributed by atoms with Crippen molar-refractivity contribution in [3.05, 3.63) is 53.9 Å². The number of benzene rings is 1. The van der Waals surface area contributed by atoms with Crippen LogP contribution in [-0.4, -0.2) is 19.1 Å². The predicted octanol–water partition coefficient (Wildman–Crippen LogP) is 3.64. The predicted molar refractivity (Wildman–Crippen MR) is 84.3 cm³/mol. The Morgan fingerprint density at radius 2 is 2.10 bits per heavy atom. The Labute approximate surface area is 120 Å². The first-order valence-electron chi connectivity index (χ1n) is 7.18. The lowest BCUT2D eigenvalue weighted by atomic mass is 10.1. The fraction of sp³-hybridized carbons (Fsp3) is 0.353. The van der Waals surface area contributed by atoms with E-state index in [2.05, 4.69) is 39.5 Å². The Hall–Kier alpha value is -2.03. The average molecular weight is 267 g/mol. The summed E-state index contributed by atoms with van der Waals surface area (Å²) in [5, 5.41) is 3.49. The van der Waals surface area contributed by atoms with Crippen LogP contribution in [0, 0.1) is 0 Å². The van der Waals surface area contributed by atoms with Crippen molar-refractivity contribution in [1.82, 2.24) is 4.98 Å². The Kier molecular flexibility index (Phi) is 3.59. The molecule has 3 rings (SSSR count). The summed E-state index contributed by atoms with van der Waals surface area (Å²) in [5.74, 6) is 0.811. The number of anilines is 2. The molecule has 3 nitrogen and oxygen atoms in total. The van der Waals surface area contributed by atoms with E-state index in [4.69, 9.17) is 0 Å². The van der Waals surface area contributed by atoms with E-state index in [1.54, 1.807) is 0 Å². The number of hydrogen-bond donors (Lipinski definition) is 1. The minimum atomic E-state index is 0.811. The van der Waals surface area contributed by atoms with Crippen molar-refractivity contribution in [1.29, 1.82) is 0 Å². The number of rotatable bonds is 5. The van der Waals surface area contributed by atoms with Gasteiger partial charge in [-0.2, -0.15) is 0 Å². The minimum absolute atomic E-state index is 0.811. The molecule has 0 aliphatic heterocycles. The van der Waals surface area contributed by atoms with Gasteiger partial charge in [0.1, 0.15) is 0 Å². The Balaban J connectivity index is 1.71. The molecular formula is C17H21N3. The van der Waals surface area contributed by atoms with Gasteiger partial charge in [-0.1, -0.05) is 24.3 Å². The van der Waals surface area contributed by atoms with Gasteiger partial charge in [-0.3, -0.25) is 4.98 Å². The molecule has 0 bridgehead atoms. The molecule has 1 N–H and O–H groups in total. The molecule has 0 radical (unpaired) electrons. The van der Waals surface area contributed by atoms with Gasteiger partial charge in [0, 0.05) is 26.8 Å². The molecule has 0 saturated heterocycles. The molecule has 1 aliphatic rings. The highest BCUT2D eigenvalue weighted by Gasteiger charge is 2.23. The molecular weight excluding hydrogens is 246 g/mol. The first-order chi connectivity index (χ1) is 9.74. The van der Waals surface area contributed by atoms with E-state index in [1.807, 2.05) is 32.6 Å². The molecule has 1 fully saturated rings. The molecule has 0 spiro atoms. The molecule has 1 aliphatic carbocycles. The molecule has 0 unspecified atom stereocenters. The fourth-order valence-electron chi connectivity index (χ4n) is 2.48. The number of nitrogens with one attached hydrogen (secondary N) is 1. The second kappa shape index (κ2) is 5.53. The SMILES string of the molecule is CN(C)c1ccncc1NCc1cccc(C2CC2)c1. The lowest BCUT2D eigenvalue weighted by Gasteiger charge is -2.18. The smallest absolute Gasteiger partial charge is 0.0766 e. The standard InChI is InChI=1S/C17H21N3/c1-20(2)17-8-9-18-12-16(17)19-11-13-4-3-5-15(10-13)14-6-7-14/h3-5,8-10,12,14,19H,6-7,11H2,1-2H3. The second-order valence-electron chi connectivity index (χ2n) is 5.66. The van der Waals surface area contributed by atoms with Crippen molar-refractivity contribution in [2.45, 2.75) is 25.3 Å². The first-order valence-corrected chi connectivity index (χ1v) is 7.18. The van der Waals surface area contributed by atoms with Crippen LogP contribution in [0.2, 0.25) is 0 Å². The van der Waals surface area contributed by atoms with Crippen molar-refractivity contribution in [3.8, 4) is 0 Å². The minimum Gasteiger partial charge on any atom is -0.378 e. The van der Waals surface area contributed by atoms with Crippen LogP contribution in [0.15, 0.2) is 42.7 Å². The van der Waals surface area contributed by atoms with E-state index in [9.17, 15) is 0 Å². The molecule has 104 valence electrons. The summed E-state index contributed by atoms with van der Waals surface area (Å²) < 4.78 is 0. The van der Waals surface area contributed by atoms with Crippen LogP contribution in [0.1, 0.15) is 29.9 Å². The van der Waals surface area contributed by atoms with E-state index in [-0.39, 0.29) is 0 Å². The van der Waals surface area contributed by atoms with E-state index in [0.717, 1.165) is 18.2 Å². The van der Waals surface area contributed by atoms with Gasteiger partial charge in [-0.05, 0) is 36.0 Å². The zero-order valence-electron chi connectivity index (χ0n) is 12.1. The lowest BCUT2D eigenvalue weighted by molar-refractivity contribution is 1.07. The Bertz CT molecular complexity index is 588. The third kappa shape index (κ3) is 2.93. The van der Waals surface area contributed by atoms with Crippen molar-refractivity contribution in [2.24, 2.45) is 0 Å². The van der Waals surface area contributed by atoms with E-state index in [1.165, 1.54) is 29.7 Å². The third-order valence-electron chi connectivity index (χ3n) is 3.76. The Morgan fingerprint density at radius 3 is 2.85 bits per heavy atom. The molecule has 1 heterocycles. The van der Waals surface area contributed by atoms with Crippen LogP contribution >= 0.6 is 0 Å². The average Bonchev–Trinajstić information content (AvgIpc) is 3.30. The summed E-state index contributed by atoms with van der Waals surface area (Å²) >= 11 is 0. The summed E-state index contributed by atoms with van der Waals surface area (Å²) in [7, 11) is 4.10. The quantitative estimate of drug-likeness (QED) is 0.896. The molecule has 1 aromatic heterocycles. The maximum atomic E-state index is 4.21. The maximum absolute atomic E-state index is 4.21. The van der Waals surface area contributed by atoms with Gasteiger partial charge in [0.2, 0.25) is 0 Å². The normalized spacial score (nSPS) is 14.1. The van der Waals surface area contributed by atoms with Gasteiger partial charge in [-0.15, -0.1) is 0 Å². The van der Waals surface area contributed by atoms with Gasteiger partial charge < -0.3 is 10.2 Å². The number of aromatic nitrogens is 1. The molecule has 20 heavy (non-hydrogen) atoms. The largest absolute Gasteiger partial charge is 0.378 e. The van der Waals surface area contributed by atoms with E-state index < -0.39 is 0 Å². The maximum Gasteiger partial charge on any atom is 0.0766 e. The van der Waals surface area contributed by atoms with Crippen molar-refractivity contribution >= 4 is 11.4 Å². The lowest BCUT2D eigenvalue weighted by Crippen LogP contribution is -2.12.